The highest BCUT2D eigenvalue weighted by Gasteiger charge is 2.07. The number of rotatable bonds is 7. The molecule has 0 aromatic heterocycles. The fourth-order valence-corrected chi connectivity index (χ4v) is 1.80. The molecule has 1 aromatic carbocycles. The van der Waals surface area contributed by atoms with Crippen molar-refractivity contribution in [3.8, 4) is 6.07 Å². The van der Waals surface area contributed by atoms with E-state index in [0.717, 1.165) is 10.2 Å². The van der Waals surface area contributed by atoms with E-state index in [0.29, 0.717) is 19.6 Å². The highest BCUT2D eigenvalue weighted by Crippen LogP contribution is 2.15. The Bertz CT molecular complexity index is 523. The van der Waals surface area contributed by atoms with Gasteiger partial charge in [-0.25, -0.2) is 0 Å². The Morgan fingerprint density at radius 1 is 1.55 bits per heavy atom. The van der Waals surface area contributed by atoms with E-state index < -0.39 is 5.91 Å². The van der Waals surface area contributed by atoms with E-state index in [1.807, 2.05) is 30.3 Å². The smallest absolute Gasteiger partial charge is 0.263 e. The Hall–Kier alpha value is -1.84. The number of benzene rings is 1. The normalized spacial score (nSPS) is 10.8. The summed E-state index contributed by atoms with van der Waals surface area (Å²) in [5.41, 5.74) is 0.821. The molecular formula is C14H16BrN3O2. The summed E-state index contributed by atoms with van der Waals surface area (Å²) in [5, 5.41) is 14.6. The number of amides is 1. The summed E-state index contributed by atoms with van der Waals surface area (Å²) in [6, 6.07) is 9.31. The molecule has 0 saturated carbocycles. The Labute approximate surface area is 126 Å². The van der Waals surface area contributed by atoms with Gasteiger partial charge in [0.25, 0.3) is 5.91 Å². The van der Waals surface area contributed by atoms with Crippen LogP contribution in [0.5, 0.6) is 0 Å². The number of hydrogen-bond acceptors (Lipinski definition) is 4. The summed E-state index contributed by atoms with van der Waals surface area (Å²) in [6.07, 6.45) is 2.10. The van der Waals surface area contributed by atoms with Crippen LogP contribution in [0.4, 0.5) is 5.69 Å². The second kappa shape index (κ2) is 9.13. The zero-order valence-electron chi connectivity index (χ0n) is 11.1. The maximum atomic E-state index is 11.7. The molecular weight excluding hydrogens is 322 g/mol. The van der Waals surface area contributed by atoms with Crippen LogP contribution >= 0.6 is 15.9 Å². The lowest BCUT2D eigenvalue weighted by Crippen LogP contribution is -2.26. The predicted molar refractivity (Wildman–Crippen MR) is 81.0 cm³/mol. The largest absolute Gasteiger partial charge is 0.385 e. The van der Waals surface area contributed by atoms with E-state index >= 15 is 0 Å². The molecule has 0 atom stereocenters. The van der Waals surface area contributed by atoms with Gasteiger partial charge in [-0.3, -0.25) is 4.79 Å². The summed E-state index contributed by atoms with van der Waals surface area (Å²) in [6.45, 7) is 1.05. The molecule has 0 spiro atoms. The topological polar surface area (TPSA) is 74.1 Å². The lowest BCUT2D eigenvalue weighted by molar-refractivity contribution is -0.117. The van der Waals surface area contributed by atoms with Gasteiger partial charge in [-0.05, 0) is 24.6 Å². The average Bonchev–Trinajstić information content (AvgIpc) is 2.44. The molecule has 1 aromatic rings. The quantitative estimate of drug-likeness (QED) is 0.455. The first kappa shape index (κ1) is 16.2. The van der Waals surface area contributed by atoms with Crippen LogP contribution in [0.1, 0.15) is 6.42 Å². The molecule has 0 unspecified atom stereocenters. The van der Waals surface area contributed by atoms with Crippen molar-refractivity contribution in [1.29, 1.82) is 5.26 Å². The van der Waals surface area contributed by atoms with Crippen molar-refractivity contribution in [1.82, 2.24) is 5.32 Å². The van der Waals surface area contributed by atoms with Crippen molar-refractivity contribution in [2.45, 2.75) is 6.42 Å². The molecule has 0 bridgehead atoms. The Morgan fingerprint density at radius 3 is 3.00 bits per heavy atom. The minimum Gasteiger partial charge on any atom is -0.385 e. The average molecular weight is 338 g/mol. The van der Waals surface area contributed by atoms with Crippen molar-refractivity contribution in [3.05, 3.63) is 40.5 Å². The maximum absolute atomic E-state index is 11.7. The molecule has 106 valence electrons. The molecule has 0 aliphatic rings. The Morgan fingerprint density at radius 2 is 2.35 bits per heavy atom. The number of ether oxygens (including phenoxy) is 1. The fraction of sp³-hybridized carbons (Fsp3) is 0.286. The number of methoxy groups -OCH3 is 1. The lowest BCUT2D eigenvalue weighted by atomic mass is 10.2. The van der Waals surface area contributed by atoms with E-state index in [4.69, 9.17) is 10.00 Å². The van der Waals surface area contributed by atoms with E-state index in [1.54, 1.807) is 7.11 Å². The molecule has 1 amide bonds. The van der Waals surface area contributed by atoms with Gasteiger partial charge in [-0.15, -0.1) is 0 Å². The van der Waals surface area contributed by atoms with Gasteiger partial charge in [0.2, 0.25) is 0 Å². The number of carbonyl (C=O) groups excluding carboxylic acids is 1. The molecule has 0 aliphatic heterocycles. The van der Waals surface area contributed by atoms with Crippen LogP contribution in [0, 0.1) is 11.3 Å². The van der Waals surface area contributed by atoms with Crippen LogP contribution < -0.4 is 10.6 Å². The van der Waals surface area contributed by atoms with Crippen LogP contribution in [0.2, 0.25) is 0 Å². The van der Waals surface area contributed by atoms with E-state index in [1.165, 1.54) is 6.20 Å². The number of halogens is 1. The number of carbonyl (C=O) groups is 1. The first-order valence-electron chi connectivity index (χ1n) is 6.07. The Balaban J connectivity index is 2.54. The van der Waals surface area contributed by atoms with E-state index in [2.05, 4.69) is 26.6 Å². The summed E-state index contributed by atoms with van der Waals surface area (Å²) in [4.78, 5) is 11.7. The summed E-state index contributed by atoms with van der Waals surface area (Å²) < 4.78 is 5.79. The fourth-order valence-electron chi connectivity index (χ4n) is 1.40. The first-order chi connectivity index (χ1) is 9.67. The maximum Gasteiger partial charge on any atom is 0.263 e. The molecule has 0 aliphatic carbocycles. The van der Waals surface area contributed by atoms with Gasteiger partial charge in [-0.1, -0.05) is 22.0 Å². The molecule has 0 radical (unpaired) electrons. The second-order valence-corrected chi connectivity index (χ2v) is 4.84. The highest BCUT2D eigenvalue weighted by atomic mass is 79.9. The van der Waals surface area contributed by atoms with Crippen molar-refractivity contribution in [2.24, 2.45) is 0 Å². The molecule has 0 saturated heterocycles. The summed E-state index contributed by atoms with van der Waals surface area (Å²) in [7, 11) is 1.60. The predicted octanol–water partition coefficient (Wildman–Crippen LogP) is 2.42. The zero-order chi connectivity index (χ0) is 14.8. The van der Waals surface area contributed by atoms with Crippen LogP contribution in [0.3, 0.4) is 0 Å². The monoisotopic (exact) mass is 337 g/mol. The van der Waals surface area contributed by atoms with Gasteiger partial charge >= 0.3 is 0 Å². The standard InChI is InChI=1S/C14H16BrN3O2/c1-20-7-3-6-17-14(19)11(9-16)10-18-13-5-2-4-12(15)8-13/h2,4-5,8,10,18H,3,6-7H2,1H3,(H,17,19)/b11-10-. The number of nitriles is 1. The third-order valence-corrected chi connectivity index (χ3v) is 2.88. The van der Waals surface area contributed by atoms with Gasteiger partial charge in [-0.2, -0.15) is 5.26 Å². The SMILES string of the molecule is COCCCNC(=O)/C(C#N)=C\Nc1cccc(Br)c1. The molecule has 2 N–H and O–H groups in total. The van der Waals surface area contributed by atoms with Gasteiger partial charge in [0.1, 0.15) is 11.6 Å². The van der Waals surface area contributed by atoms with Crippen molar-refractivity contribution >= 4 is 27.5 Å². The van der Waals surface area contributed by atoms with E-state index in [-0.39, 0.29) is 5.57 Å². The summed E-state index contributed by atoms with van der Waals surface area (Å²) >= 11 is 3.35. The number of anilines is 1. The van der Waals surface area contributed by atoms with Crippen molar-refractivity contribution in [3.63, 3.8) is 0 Å². The molecule has 1 rings (SSSR count). The zero-order valence-corrected chi connectivity index (χ0v) is 12.7. The van der Waals surface area contributed by atoms with Gasteiger partial charge in [0, 0.05) is 36.6 Å². The van der Waals surface area contributed by atoms with Crippen LogP contribution in [0.15, 0.2) is 40.5 Å². The van der Waals surface area contributed by atoms with Crippen LogP contribution in [-0.4, -0.2) is 26.2 Å². The minimum atomic E-state index is -0.397. The molecule has 20 heavy (non-hydrogen) atoms. The van der Waals surface area contributed by atoms with Gasteiger partial charge < -0.3 is 15.4 Å². The molecule has 5 nitrogen and oxygen atoms in total. The lowest BCUT2D eigenvalue weighted by Gasteiger charge is -2.05. The highest BCUT2D eigenvalue weighted by molar-refractivity contribution is 9.10. The number of hydrogen-bond donors (Lipinski definition) is 2. The summed E-state index contributed by atoms with van der Waals surface area (Å²) in [5.74, 6) is -0.397. The van der Waals surface area contributed by atoms with Crippen molar-refractivity contribution in [2.75, 3.05) is 25.6 Å². The third-order valence-electron chi connectivity index (χ3n) is 2.38. The van der Waals surface area contributed by atoms with E-state index in [9.17, 15) is 4.79 Å². The third kappa shape index (κ3) is 5.87. The second-order valence-electron chi connectivity index (χ2n) is 3.93. The first-order valence-corrected chi connectivity index (χ1v) is 6.86. The molecule has 0 fully saturated rings. The minimum absolute atomic E-state index is 0.0300. The van der Waals surface area contributed by atoms with Gasteiger partial charge in [0.15, 0.2) is 0 Å². The Kier molecular flexibility index (Phi) is 7.40. The van der Waals surface area contributed by atoms with Crippen molar-refractivity contribution < 1.29 is 9.53 Å². The molecule has 6 heteroatoms. The van der Waals surface area contributed by atoms with Crippen LogP contribution in [0.25, 0.3) is 0 Å². The molecule has 0 heterocycles. The van der Waals surface area contributed by atoms with Crippen LogP contribution in [-0.2, 0) is 9.53 Å². The number of nitrogens with one attached hydrogen (secondary N) is 2. The van der Waals surface area contributed by atoms with Gasteiger partial charge in [0.05, 0.1) is 0 Å². The number of nitrogens with zero attached hydrogens (tertiary/aromatic N) is 1.